The molecule has 27 heavy (non-hydrogen) atoms. The van der Waals surface area contributed by atoms with Gasteiger partial charge in [-0.25, -0.2) is 4.79 Å². The Balaban J connectivity index is 2.40. The number of nitrogens with two attached hydrogens (primary N) is 1. The molecule has 136 valence electrons. The highest BCUT2D eigenvalue weighted by Gasteiger charge is 2.36. The molecular weight excluding hydrogens is 340 g/mol. The van der Waals surface area contributed by atoms with Gasteiger partial charge in [-0.15, -0.1) is 0 Å². The predicted octanol–water partition coefficient (Wildman–Crippen LogP) is 3.92. The summed E-state index contributed by atoms with van der Waals surface area (Å²) in [4.78, 5) is 14.7. The predicted molar refractivity (Wildman–Crippen MR) is 104 cm³/mol. The van der Waals surface area contributed by atoms with E-state index in [2.05, 4.69) is 4.99 Å². The van der Waals surface area contributed by atoms with E-state index in [-0.39, 0.29) is 0 Å². The third kappa shape index (κ3) is 3.34. The van der Waals surface area contributed by atoms with Crippen molar-refractivity contribution < 1.29 is 14.3 Å². The minimum atomic E-state index is -1.05. The molecule has 0 aliphatic rings. The number of benzene rings is 3. The van der Waals surface area contributed by atoms with E-state index in [1.807, 2.05) is 66.7 Å². The fraction of sp³-hybridized carbons (Fsp3) is 0.136. The zero-order valence-electron chi connectivity index (χ0n) is 15.2. The van der Waals surface area contributed by atoms with Crippen LogP contribution in [0.3, 0.4) is 0 Å². The Labute approximate surface area is 158 Å². The molecule has 0 aliphatic carbocycles. The van der Waals surface area contributed by atoms with Crippen molar-refractivity contribution in [3.05, 3.63) is 89.5 Å². The Morgan fingerprint density at radius 1 is 0.889 bits per heavy atom. The van der Waals surface area contributed by atoms with Crippen LogP contribution in [0, 0.1) is 0 Å². The lowest BCUT2D eigenvalue weighted by atomic mass is 9.77. The summed E-state index contributed by atoms with van der Waals surface area (Å²) in [7, 11) is 3.06. The molecule has 0 heterocycles. The monoisotopic (exact) mass is 360 g/mol. The Kier molecular flexibility index (Phi) is 5.36. The minimum absolute atomic E-state index is 0.309. The van der Waals surface area contributed by atoms with Crippen molar-refractivity contribution in [1.29, 1.82) is 0 Å². The van der Waals surface area contributed by atoms with Gasteiger partial charge in [0.2, 0.25) is 6.08 Å². The second-order valence-corrected chi connectivity index (χ2v) is 5.97. The van der Waals surface area contributed by atoms with Crippen molar-refractivity contribution in [2.45, 2.75) is 5.54 Å². The maximum Gasteiger partial charge on any atom is 0.240 e. The van der Waals surface area contributed by atoms with Gasteiger partial charge in [-0.05, 0) is 17.2 Å². The molecule has 0 fully saturated rings. The number of hydrogen-bond acceptors (Lipinski definition) is 5. The van der Waals surface area contributed by atoms with E-state index in [4.69, 9.17) is 15.2 Å². The summed E-state index contributed by atoms with van der Waals surface area (Å²) in [6.45, 7) is 0. The second kappa shape index (κ2) is 7.87. The number of nitrogens with zero attached hydrogens (tertiary/aromatic N) is 1. The quantitative estimate of drug-likeness (QED) is 0.411. The smallest absolute Gasteiger partial charge is 0.240 e. The molecule has 0 atom stereocenters. The summed E-state index contributed by atoms with van der Waals surface area (Å²) in [5.74, 6) is 0.913. The summed E-state index contributed by atoms with van der Waals surface area (Å²) in [5, 5.41) is 0. The normalized spacial score (nSPS) is 10.8. The number of ether oxygens (including phenoxy) is 2. The number of methoxy groups -OCH3 is 2. The van der Waals surface area contributed by atoms with Crippen molar-refractivity contribution in [3.63, 3.8) is 0 Å². The number of aliphatic imine (C=N–C) groups is 1. The Hall–Kier alpha value is -3.40. The largest absolute Gasteiger partial charge is 0.497 e. The van der Waals surface area contributed by atoms with Crippen molar-refractivity contribution in [2.24, 2.45) is 10.7 Å². The fourth-order valence-electron chi connectivity index (χ4n) is 3.23. The van der Waals surface area contributed by atoms with Crippen LogP contribution in [-0.4, -0.2) is 20.3 Å². The molecule has 0 spiro atoms. The highest BCUT2D eigenvalue weighted by molar-refractivity contribution is 5.68. The second-order valence-electron chi connectivity index (χ2n) is 5.97. The molecule has 0 amide bonds. The lowest BCUT2D eigenvalue weighted by molar-refractivity contribution is 0.393. The van der Waals surface area contributed by atoms with Gasteiger partial charge in [0.05, 0.1) is 19.8 Å². The van der Waals surface area contributed by atoms with Gasteiger partial charge in [0, 0.05) is 11.6 Å². The van der Waals surface area contributed by atoms with E-state index in [9.17, 15) is 4.79 Å². The molecule has 0 bridgehead atoms. The number of hydrogen-bond donors (Lipinski definition) is 1. The number of carbonyl (C=O) groups excluding carboxylic acids is 1. The molecule has 0 saturated heterocycles. The van der Waals surface area contributed by atoms with E-state index >= 15 is 0 Å². The maximum absolute atomic E-state index is 10.9. The average molecular weight is 360 g/mol. The fourth-order valence-corrected chi connectivity index (χ4v) is 3.23. The van der Waals surface area contributed by atoms with E-state index in [0.717, 1.165) is 11.1 Å². The first-order valence-corrected chi connectivity index (χ1v) is 8.39. The molecule has 3 rings (SSSR count). The van der Waals surface area contributed by atoms with Crippen LogP contribution in [0.15, 0.2) is 77.8 Å². The van der Waals surface area contributed by atoms with Gasteiger partial charge in [0.1, 0.15) is 11.4 Å². The molecule has 5 nitrogen and oxygen atoms in total. The molecule has 0 radical (unpaired) electrons. The van der Waals surface area contributed by atoms with Crippen LogP contribution in [0.5, 0.6) is 11.5 Å². The first kappa shape index (κ1) is 18.4. The SMILES string of the molecule is COc1cc(N=C=O)c(OC)c(C(N)(c2ccccc2)c2ccccc2)c1. The first-order valence-electron chi connectivity index (χ1n) is 8.39. The Morgan fingerprint density at radius 3 is 1.89 bits per heavy atom. The lowest BCUT2D eigenvalue weighted by Crippen LogP contribution is -2.39. The average Bonchev–Trinajstić information content (AvgIpc) is 2.74. The summed E-state index contributed by atoms with van der Waals surface area (Å²) in [6.07, 6.45) is 1.57. The van der Waals surface area contributed by atoms with Gasteiger partial charge in [-0.3, -0.25) is 0 Å². The third-order valence-electron chi connectivity index (χ3n) is 4.53. The first-order chi connectivity index (χ1) is 13.1. The summed E-state index contributed by atoms with van der Waals surface area (Å²) >= 11 is 0. The van der Waals surface area contributed by atoms with Gasteiger partial charge >= 0.3 is 0 Å². The van der Waals surface area contributed by atoms with Crippen LogP contribution in [0.2, 0.25) is 0 Å². The number of rotatable bonds is 6. The molecule has 0 saturated carbocycles. The van der Waals surface area contributed by atoms with Gasteiger partial charge in [-0.1, -0.05) is 60.7 Å². The highest BCUT2D eigenvalue weighted by Crippen LogP contribution is 2.45. The van der Waals surface area contributed by atoms with Gasteiger partial charge in [-0.2, -0.15) is 4.99 Å². The van der Waals surface area contributed by atoms with Crippen LogP contribution >= 0.6 is 0 Å². The molecule has 3 aromatic carbocycles. The Morgan fingerprint density at radius 2 is 1.44 bits per heavy atom. The zero-order valence-corrected chi connectivity index (χ0v) is 15.2. The van der Waals surface area contributed by atoms with Crippen LogP contribution < -0.4 is 15.2 Å². The third-order valence-corrected chi connectivity index (χ3v) is 4.53. The van der Waals surface area contributed by atoms with Crippen molar-refractivity contribution >= 4 is 11.8 Å². The van der Waals surface area contributed by atoms with Crippen LogP contribution in [0.4, 0.5) is 5.69 Å². The van der Waals surface area contributed by atoms with Crippen LogP contribution in [0.1, 0.15) is 16.7 Å². The molecular formula is C22H20N2O3. The summed E-state index contributed by atoms with van der Waals surface area (Å²) in [5.41, 5.74) is 8.68. The molecule has 0 unspecified atom stereocenters. The van der Waals surface area contributed by atoms with Gasteiger partial charge in [0.15, 0.2) is 5.75 Å². The molecule has 0 aliphatic heterocycles. The van der Waals surface area contributed by atoms with E-state index in [1.54, 1.807) is 19.3 Å². The van der Waals surface area contributed by atoms with Crippen LogP contribution in [0.25, 0.3) is 0 Å². The summed E-state index contributed by atoms with van der Waals surface area (Å²) in [6, 6.07) is 22.8. The van der Waals surface area contributed by atoms with E-state index < -0.39 is 5.54 Å². The van der Waals surface area contributed by atoms with E-state index in [1.165, 1.54) is 7.11 Å². The zero-order chi connectivity index (χ0) is 19.3. The van der Waals surface area contributed by atoms with Gasteiger partial charge in [0.25, 0.3) is 0 Å². The number of isocyanates is 1. The summed E-state index contributed by atoms with van der Waals surface area (Å²) < 4.78 is 11.0. The highest BCUT2D eigenvalue weighted by atomic mass is 16.5. The lowest BCUT2D eigenvalue weighted by Gasteiger charge is -2.33. The van der Waals surface area contributed by atoms with E-state index in [0.29, 0.717) is 22.7 Å². The standard InChI is InChI=1S/C22H20N2O3/c1-26-18-13-19(21(27-2)20(14-18)24-15-25)22(23,16-9-5-3-6-10-16)17-11-7-4-8-12-17/h3-14H,23H2,1-2H3. The van der Waals surface area contributed by atoms with Crippen molar-refractivity contribution in [1.82, 2.24) is 0 Å². The Bertz CT molecular complexity index is 926. The minimum Gasteiger partial charge on any atom is -0.497 e. The molecule has 0 aromatic heterocycles. The van der Waals surface area contributed by atoms with Crippen molar-refractivity contribution in [3.8, 4) is 11.5 Å². The van der Waals surface area contributed by atoms with Gasteiger partial charge < -0.3 is 15.2 Å². The molecule has 3 aromatic rings. The molecule has 5 heteroatoms. The van der Waals surface area contributed by atoms with Crippen LogP contribution in [-0.2, 0) is 10.3 Å². The maximum atomic E-state index is 10.9. The molecule has 2 N–H and O–H groups in total. The van der Waals surface area contributed by atoms with Crippen molar-refractivity contribution in [2.75, 3.05) is 14.2 Å². The topological polar surface area (TPSA) is 73.9 Å².